The predicted octanol–water partition coefficient (Wildman–Crippen LogP) is 0.755. The zero-order chi connectivity index (χ0) is 14.5. The SMILES string of the molecule is CCOC(=O)CS(=O)(=O)Cc1cc(N)ccc1OC. The molecular weight excluding hydrogens is 270 g/mol. The Bertz CT molecular complexity index is 553. The summed E-state index contributed by atoms with van der Waals surface area (Å²) < 4.78 is 33.4. The molecule has 0 unspecified atom stereocenters. The van der Waals surface area contributed by atoms with Crippen LogP contribution in [0.25, 0.3) is 0 Å². The number of nitrogens with two attached hydrogens (primary N) is 1. The van der Waals surface area contributed by atoms with Gasteiger partial charge in [-0.15, -0.1) is 0 Å². The fourth-order valence-corrected chi connectivity index (χ4v) is 2.83. The van der Waals surface area contributed by atoms with Crippen LogP contribution < -0.4 is 10.5 Å². The first-order valence-corrected chi connectivity index (χ1v) is 7.48. The van der Waals surface area contributed by atoms with Crippen molar-refractivity contribution < 1.29 is 22.7 Å². The summed E-state index contributed by atoms with van der Waals surface area (Å²) in [7, 11) is -2.18. The molecule has 1 aromatic rings. The summed E-state index contributed by atoms with van der Waals surface area (Å²) in [5.74, 6) is -1.31. The van der Waals surface area contributed by atoms with Gasteiger partial charge in [-0.2, -0.15) is 0 Å². The molecule has 0 aliphatic heterocycles. The monoisotopic (exact) mass is 287 g/mol. The van der Waals surface area contributed by atoms with Gasteiger partial charge < -0.3 is 15.2 Å². The number of anilines is 1. The second-order valence-electron chi connectivity index (χ2n) is 3.91. The number of rotatable bonds is 6. The van der Waals surface area contributed by atoms with E-state index in [-0.39, 0.29) is 12.4 Å². The molecule has 0 spiro atoms. The predicted molar refractivity (Wildman–Crippen MR) is 71.5 cm³/mol. The molecule has 0 atom stereocenters. The minimum absolute atomic E-state index is 0.149. The van der Waals surface area contributed by atoms with Gasteiger partial charge in [-0.3, -0.25) is 4.79 Å². The lowest BCUT2D eigenvalue weighted by molar-refractivity contribution is -0.139. The second-order valence-corrected chi connectivity index (χ2v) is 5.97. The highest BCUT2D eigenvalue weighted by molar-refractivity contribution is 7.91. The fourth-order valence-electron chi connectivity index (χ4n) is 1.58. The number of sulfone groups is 1. The van der Waals surface area contributed by atoms with Gasteiger partial charge in [0.25, 0.3) is 0 Å². The van der Waals surface area contributed by atoms with Gasteiger partial charge in [-0.1, -0.05) is 0 Å². The van der Waals surface area contributed by atoms with Crippen LogP contribution >= 0.6 is 0 Å². The van der Waals surface area contributed by atoms with Crippen molar-refractivity contribution in [2.45, 2.75) is 12.7 Å². The van der Waals surface area contributed by atoms with E-state index in [0.717, 1.165) is 0 Å². The molecule has 0 bridgehead atoms. The zero-order valence-corrected chi connectivity index (χ0v) is 11.7. The molecular formula is C12H17NO5S. The van der Waals surface area contributed by atoms with Gasteiger partial charge in [0.1, 0.15) is 11.5 Å². The highest BCUT2D eigenvalue weighted by Gasteiger charge is 2.20. The summed E-state index contributed by atoms with van der Waals surface area (Å²) >= 11 is 0. The van der Waals surface area contributed by atoms with Gasteiger partial charge in [-0.05, 0) is 25.1 Å². The van der Waals surface area contributed by atoms with Crippen molar-refractivity contribution in [2.24, 2.45) is 0 Å². The summed E-state index contributed by atoms with van der Waals surface area (Å²) in [6.07, 6.45) is 0. The number of carbonyl (C=O) groups excluding carboxylic acids is 1. The summed E-state index contributed by atoms with van der Waals surface area (Å²) in [6.45, 7) is 1.77. The number of hydrogen-bond donors (Lipinski definition) is 1. The Morgan fingerprint density at radius 3 is 2.63 bits per heavy atom. The van der Waals surface area contributed by atoms with Crippen molar-refractivity contribution in [3.63, 3.8) is 0 Å². The van der Waals surface area contributed by atoms with Gasteiger partial charge in [0.2, 0.25) is 0 Å². The third-order valence-electron chi connectivity index (χ3n) is 2.32. The molecule has 0 heterocycles. The minimum atomic E-state index is -3.62. The highest BCUT2D eigenvalue weighted by atomic mass is 32.2. The van der Waals surface area contributed by atoms with E-state index in [2.05, 4.69) is 4.74 Å². The third kappa shape index (κ3) is 4.78. The van der Waals surface area contributed by atoms with Crippen LogP contribution in [0.3, 0.4) is 0 Å². The molecule has 0 saturated carbocycles. The van der Waals surface area contributed by atoms with Gasteiger partial charge in [0, 0.05) is 11.3 Å². The van der Waals surface area contributed by atoms with Crippen molar-refractivity contribution in [1.29, 1.82) is 0 Å². The maximum Gasteiger partial charge on any atom is 0.321 e. The Labute approximate surface area is 112 Å². The average Bonchev–Trinajstić information content (AvgIpc) is 2.28. The third-order valence-corrected chi connectivity index (χ3v) is 3.75. The van der Waals surface area contributed by atoms with Crippen LogP contribution in [0.1, 0.15) is 12.5 Å². The minimum Gasteiger partial charge on any atom is -0.496 e. The first-order valence-electron chi connectivity index (χ1n) is 5.66. The van der Waals surface area contributed by atoms with Crippen LogP contribution in [-0.4, -0.2) is 33.9 Å². The van der Waals surface area contributed by atoms with E-state index >= 15 is 0 Å². The molecule has 1 rings (SSSR count). The van der Waals surface area contributed by atoms with Crippen LogP contribution in [0.15, 0.2) is 18.2 Å². The van der Waals surface area contributed by atoms with Crippen molar-refractivity contribution in [3.05, 3.63) is 23.8 Å². The quantitative estimate of drug-likeness (QED) is 0.613. The topological polar surface area (TPSA) is 95.7 Å². The lowest BCUT2D eigenvalue weighted by Crippen LogP contribution is -2.20. The molecule has 0 fully saturated rings. The first kappa shape index (κ1) is 15.3. The number of benzene rings is 1. The number of esters is 1. The Balaban J connectivity index is 2.89. The first-order chi connectivity index (χ1) is 8.88. The van der Waals surface area contributed by atoms with E-state index in [1.807, 2.05) is 0 Å². The Morgan fingerprint density at radius 1 is 1.37 bits per heavy atom. The number of ether oxygens (including phenoxy) is 2. The van der Waals surface area contributed by atoms with E-state index in [4.69, 9.17) is 10.5 Å². The highest BCUT2D eigenvalue weighted by Crippen LogP contribution is 2.23. The molecule has 6 nitrogen and oxygen atoms in total. The van der Waals surface area contributed by atoms with Crippen LogP contribution in [0.5, 0.6) is 5.75 Å². The number of nitrogen functional groups attached to an aromatic ring is 1. The number of methoxy groups -OCH3 is 1. The van der Waals surface area contributed by atoms with Crippen LogP contribution in [0.2, 0.25) is 0 Å². The summed E-state index contributed by atoms with van der Waals surface area (Å²) in [5, 5.41) is 0. The largest absolute Gasteiger partial charge is 0.496 e. The molecule has 7 heteroatoms. The molecule has 2 N–H and O–H groups in total. The number of carbonyl (C=O) groups is 1. The van der Waals surface area contributed by atoms with Crippen molar-refractivity contribution in [1.82, 2.24) is 0 Å². The van der Waals surface area contributed by atoms with Crippen LogP contribution in [0, 0.1) is 0 Å². The molecule has 0 aromatic heterocycles. The van der Waals surface area contributed by atoms with Gasteiger partial charge >= 0.3 is 5.97 Å². The van der Waals surface area contributed by atoms with Crippen molar-refractivity contribution in [2.75, 3.05) is 25.2 Å². The summed E-state index contributed by atoms with van der Waals surface area (Å²) in [4.78, 5) is 11.2. The second kappa shape index (κ2) is 6.42. The molecule has 0 aliphatic rings. The van der Waals surface area contributed by atoms with E-state index < -0.39 is 21.6 Å². The maximum absolute atomic E-state index is 11.9. The van der Waals surface area contributed by atoms with Crippen LogP contribution in [-0.2, 0) is 25.1 Å². The van der Waals surface area contributed by atoms with Gasteiger partial charge in [-0.25, -0.2) is 8.42 Å². The fraction of sp³-hybridized carbons (Fsp3) is 0.417. The molecule has 106 valence electrons. The molecule has 0 saturated heterocycles. The van der Waals surface area contributed by atoms with Crippen LogP contribution in [0.4, 0.5) is 5.69 Å². The Morgan fingerprint density at radius 2 is 2.05 bits per heavy atom. The van der Waals surface area contributed by atoms with Gasteiger partial charge in [0.05, 0.1) is 19.5 Å². The normalized spacial score (nSPS) is 11.1. The van der Waals surface area contributed by atoms with E-state index in [1.165, 1.54) is 13.2 Å². The smallest absolute Gasteiger partial charge is 0.321 e. The molecule has 0 aliphatic carbocycles. The Hall–Kier alpha value is -1.76. The lowest BCUT2D eigenvalue weighted by atomic mass is 10.2. The van der Waals surface area contributed by atoms with E-state index in [9.17, 15) is 13.2 Å². The number of hydrogen-bond acceptors (Lipinski definition) is 6. The van der Waals surface area contributed by atoms with Crippen molar-refractivity contribution >= 4 is 21.5 Å². The molecule has 1 aromatic carbocycles. The Kier molecular flexibility index (Phi) is 5.17. The van der Waals surface area contributed by atoms with E-state index in [1.54, 1.807) is 19.1 Å². The summed E-state index contributed by atoms with van der Waals surface area (Å²) in [5.41, 5.74) is 6.46. The summed E-state index contributed by atoms with van der Waals surface area (Å²) in [6, 6.07) is 4.71. The van der Waals surface area contributed by atoms with E-state index in [0.29, 0.717) is 17.0 Å². The van der Waals surface area contributed by atoms with Crippen molar-refractivity contribution in [3.8, 4) is 5.75 Å². The molecule has 0 amide bonds. The lowest BCUT2D eigenvalue weighted by Gasteiger charge is -2.09. The average molecular weight is 287 g/mol. The molecule has 0 radical (unpaired) electrons. The zero-order valence-electron chi connectivity index (χ0n) is 10.9. The van der Waals surface area contributed by atoms with Gasteiger partial charge in [0.15, 0.2) is 9.84 Å². The maximum atomic E-state index is 11.9. The molecule has 19 heavy (non-hydrogen) atoms. The standard InChI is InChI=1S/C12H17NO5S/c1-3-18-12(14)8-19(15,16)7-9-6-10(13)4-5-11(9)17-2/h4-6H,3,7-8,13H2,1-2H3.